The molecule has 78 valence electrons. The highest BCUT2D eigenvalue weighted by molar-refractivity contribution is 9.18. The second-order valence-electron chi connectivity index (χ2n) is 3.51. The summed E-state index contributed by atoms with van der Waals surface area (Å²) in [4.78, 5) is 4.28. The number of halogens is 1. The zero-order valence-electron chi connectivity index (χ0n) is 8.60. The molecular weight excluding hydrogens is 242 g/mol. The van der Waals surface area contributed by atoms with Gasteiger partial charge >= 0.3 is 0 Å². The molecule has 4 heteroatoms. The minimum absolute atomic E-state index is 0.667. The van der Waals surface area contributed by atoms with E-state index < -0.39 is 0 Å². The Balaban J connectivity index is 3.02. The molecule has 14 heavy (non-hydrogen) atoms. The molecule has 0 bridgehead atoms. The maximum absolute atomic E-state index is 5.99. The van der Waals surface area contributed by atoms with Crippen LogP contribution in [0.1, 0.15) is 33.1 Å². The molecule has 0 radical (unpaired) electrons. The first-order valence-corrected chi connectivity index (χ1v) is 5.46. The Morgan fingerprint density at radius 1 is 1.29 bits per heavy atom. The number of rotatable bonds is 2. The van der Waals surface area contributed by atoms with Crippen LogP contribution < -0.4 is 11.5 Å². The van der Waals surface area contributed by atoms with Crippen molar-refractivity contribution in [3.8, 4) is 0 Å². The van der Waals surface area contributed by atoms with Gasteiger partial charge in [-0.2, -0.15) is 0 Å². The van der Waals surface area contributed by atoms with Gasteiger partial charge in [0, 0.05) is 5.70 Å². The van der Waals surface area contributed by atoms with Crippen molar-refractivity contribution in [2.24, 2.45) is 16.5 Å². The monoisotopic (exact) mass is 257 g/mol. The van der Waals surface area contributed by atoms with E-state index in [9.17, 15) is 0 Å². The summed E-state index contributed by atoms with van der Waals surface area (Å²) in [5, 5.41) is 0. The van der Waals surface area contributed by atoms with Gasteiger partial charge in [0.15, 0.2) is 0 Å². The van der Waals surface area contributed by atoms with Crippen LogP contribution in [-0.2, 0) is 0 Å². The molecule has 4 N–H and O–H groups in total. The Morgan fingerprint density at radius 3 is 2.14 bits per heavy atom. The number of allylic oxidation sites excluding steroid dienone is 2. The van der Waals surface area contributed by atoms with Gasteiger partial charge in [-0.3, -0.25) is 0 Å². The number of nitrogens with zero attached hydrogens (tertiary/aromatic N) is 1. The van der Waals surface area contributed by atoms with Crippen LogP contribution in [0.2, 0.25) is 0 Å². The van der Waals surface area contributed by atoms with Crippen molar-refractivity contribution in [3.63, 3.8) is 0 Å². The lowest BCUT2D eigenvalue weighted by Gasteiger charge is -2.20. The second kappa shape index (κ2) is 4.64. The van der Waals surface area contributed by atoms with Gasteiger partial charge in [0.25, 0.3) is 0 Å². The number of hydrogen-bond donors (Lipinski definition) is 2. The maximum atomic E-state index is 5.99. The van der Waals surface area contributed by atoms with E-state index in [-0.39, 0.29) is 0 Å². The first kappa shape index (κ1) is 11.3. The predicted octanol–water partition coefficient (Wildman–Crippen LogP) is 2.39. The van der Waals surface area contributed by atoms with Gasteiger partial charge in [-0.25, -0.2) is 4.99 Å². The van der Waals surface area contributed by atoms with Crippen molar-refractivity contribution >= 4 is 20.6 Å². The van der Waals surface area contributed by atoms with Crippen LogP contribution in [-0.4, -0.2) is 4.62 Å². The minimum Gasteiger partial charge on any atom is -0.400 e. The molecule has 1 rings (SSSR count). The maximum Gasteiger partial charge on any atom is 0.105 e. The molecule has 1 aliphatic rings. The molecule has 0 saturated heterocycles. The Labute approximate surface area is 93.1 Å². The summed E-state index contributed by atoms with van der Waals surface area (Å²) in [6.07, 6.45) is 3.39. The number of nitrogens with two attached hydrogens (primary N) is 2. The molecule has 0 atom stereocenters. The van der Waals surface area contributed by atoms with Crippen LogP contribution in [0, 0.1) is 0 Å². The zero-order valence-corrected chi connectivity index (χ0v) is 10.2. The highest BCUT2D eigenvalue weighted by Gasteiger charge is 2.16. The van der Waals surface area contributed by atoms with Gasteiger partial charge < -0.3 is 11.5 Å². The van der Waals surface area contributed by atoms with E-state index >= 15 is 0 Å². The van der Waals surface area contributed by atoms with Gasteiger partial charge in [-0.1, -0.05) is 0 Å². The normalized spacial score (nSPS) is 18.8. The zero-order chi connectivity index (χ0) is 10.7. The summed E-state index contributed by atoms with van der Waals surface area (Å²) in [6.45, 7) is 3.68. The third-order valence-electron chi connectivity index (χ3n) is 2.23. The molecular formula is C10H16BrN3. The first-order valence-electron chi connectivity index (χ1n) is 4.67. The van der Waals surface area contributed by atoms with Crippen LogP contribution in [0.15, 0.2) is 27.7 Å². The summed E-state index contributed by atoms with van der Waals surface area (Å²) < 4.78 is 0.792. The van der Waals surface area contributed by atoms with E-state index in [1.165, 1.54) is 12.0 Å². The molecule has 0 aromatic carbocycles. The van der Waals surface area contributed by atoms with Crippen LogP contribution in [0.25, 0.3) is 0 Å². The first-order chi connectivity index (χ1) is 6.52. The molecule has 0 aromatic rings. The van der Waals surface area contributed by atoms with Crippen LogP contribution in [0.4, 0.5) is 0 Å². The third-order valence-corrected chi connectivity index (χ3v) is 2.41. The molecule has 3 nitrogen and oxygen atoms in total. The smallest absolute Gasteiger partial charge is 0.105 e. The molecule has 0 amide bonds. The molecule has 0 aromatic heterocycles. The van der Waals surface area contributed by atoms with E-state index in [1.807, 2.05) is 13.8 Å². The highest BCUT2D eigenvalue weighted by atomic mass is 79.9. The van der Waals surface area contributed by atoms with E-state index in [0.29, 0.717) is 11.4 Å². The Kier molecular flexibility index (Phi) is 3.75. The van der Waals surface area contributed by atoms with E-state index in [0.717, 1.165) is 23.2 Å². The van der Waals surface area contributed by atoms with Crippen LogP contribution >= 0.6 is 15.9 Å². The van der Waals surface area contributed by atoms with E-state index in [4.69, 9.17) is 11.5 Å². The fourth-order valence-corrected chi connectivity index (χ4v) is 1.48. The fraction of sp³-hybridized carbons (Fsp3) is 0.500. The topological polar surface area (TPSA) is 64.4 Å². The van der Waals surface area contributed by atoms with E-state index in [2.05, 4.69) is 20.9 Å². The lowest BCUT2D eigenvalue weighted by atomic mass is 9.89. The number of aliphatic imine (C=N–C) groups is 1. The molecule has 1 aliphatic carbocycles. The van der Waals surface area contributed by atoms with Crippen molar-refractivity contribution < 1.29 is 0 Å². The van der Waals surface area contributed by atoms with E-state index in [1.54, 1.807) is 0 Å². The van der Waals surface area contributed by atoms with Crippen LogP contribution in [0.3, 0.4) is 0 Å². The lowest BCUT2D eigenvalue weighted by Crippen LogP contribution is -2.13. The summed E-state index contributed by atoms with van der Waals surface area (Å²) in [5.41, 5.74) is 15.1. The molecule has 1 fully saturated rings. The Bertz CT molecular complexity index is 312. The lowest BCUT2D eigenvalue weighted by molar-refractivity contribution is 0.649. The van der Waals surface area contributed by atoms with Gasteiger partial charge in [0.2, 0.25) is 0 Å². The van der Waals surface area contributed by atoms with Crippen molar-refractivity contribution in [3.05, 3.63) is 22.7 Å². The van der Waals surface area contributed by atoms with Gasteiger partial charge in [0.05, 0.1) is 10.3 Å². The molecule has 0 unspecified atom stereocenters. The average Bonchev–Trinajstić information content (AvgIpc) is 1.95. The largest absolute Gasteiger partial charge is 0.400 e. The van der Waals surface area contributed by atoms with Gasteiger partial charge in [0.1, 0.15) is 5.70 Å². The van der Waals surface area contributed by atoms with Crippen LogP contribution in [0.5, 0.6) is 0 Å². The third kappa shape index (κ3) is 2.61. The summed E-state index contributed by atoms with van der Waals surface area (Å²) in [7, 11) is 0. The van der Waals surface area contributed by atoms with Crippen molar-refractivity contribution in [2.45, 2.75) is 33.1 Å². The molecule has 0 spiro atoms. The average molecular weight is 258 g/mol. The molecule has 1 saturated carbocycles. The molecule has 0 aliphatic heterocycles. The predicted molar refractivity (Wildman–Crippen MR) is 64.0 cm³/mol. The van der Waals surface area contributed by atoms with Gasteiger partial charge in [-0.05, 0) is 54.6 Å². The minimum atomic E-state index is 0.667. The van der Waals surface area contributed by atoms with Crippen molar-refractivity contribution in [1.29, 1.82) is 0 Å². The van der Waals surface area contributed by atoms with Gasteiger partial charge in [-0.15, -0.1) is 0 Å². The standard InChI is InChI=1S/C10H16BrN3/c1-6(12)10(14-7(2)11)9(13)8-4-3-5-8/h3-5,12-13H2,1-2H3/b10-6+,14-7?. The summed E-state index contributed by atoms with van der Waals surface area (Å²) in [6, 6.07) is 0. The SMILES string of the molecule is CC(Br)=N/C(C(N)=C1CCC1)=C(\C)N. The van der Waals surface area contributed by atoms with Crippen molar-refractivity contribution in [1.82, 2.24) is 0 Å². The summed E-state index contributed by atoms with van der Waals surface area (Å²) in [5.74, 6) is 0. The highest BCUT2D eigenvalue weighted by Crippen LogP contribution is 2.30. The Hall–Kier alpha value is -0.770. The quantitative estimate of drug-likeness (QED) is 0.747. The fourth-order valence-electron chi connectivity index (χ4n) is 1.31. The Morgan fingerprint density at radius 2 is 1.86 bits per heavy atom. The van der Waals surface area contributed by atoms with Crippen molar-refractivity contribution in [2.75, 3.05) is 0 Å². The number of hydrogen-bond acceptors (Lipinski definition) is 3. The second-order valence-corrected chi connectivity index (χ2v) is 4.66. The molecule has 0 heterocycles. The summed E-state index contributed by atoms with van der Waals surface area (Å²) >= 11 is 3.28.